The van der Waals surface area contributed by atoms with Crippen LogP contribution in [-0.4, -0.2) is 7.05 Å². The molecule has 2 aromatic rings. The van der Waals surface area contributed by atoms with Gasteiger partial charge in [0, 0.05) is 10.5 Å². The van der Waals surface area contributed by atoms with Crippen LogP contribution < -0.4 is 5.32 Å². The van der Waals surface area contributed by atoms with E-state index in [1.165, 1.54) is 5.56 Å². The highest BCUT2D eigenvalue weighted by Gasteiger charge is 2.12. The van der Waals surface area contributed by atoms with Gasteiger partial charge in [-0.05, 0) is 64.8 Å². The molecule has 0 aromatic heterocycles. The van der Waals surface area contributed by atoms with Gasteiger partial charge in [-0.25, -0.2) is 4.39 Å². The largest absolute Gasteiger partial charge is 0.313 e. The molecule has 0 bridgehead atoms. The van der Waals surface area contributed by atoms with Crippen molar-refractivity contribution >= 4 is 31.9 Å². The average molecular weight is 387 g/mol. The van der Waals surface area contributed by atoms with E-state index in [4.69, 9.17) is 0 Å². The van der Waals surface area contributed by atoms with Gasteiger partial charge in [-0.1, -0.05) is 34.1 Å². The lowest BCUT2D eigenvalue weighted by Gasteiger charge is -2.17. The second kappa shape index (κ2) is 6.64. The Labute approximate surface area is 129 Å². The molecule has 0 spiro atoms. The van der Waals surface area contributed by atoms with E-state index in [0.29, 0.717) is 4.47 Å². The van der Waals surface area contributed by atoms with Gasteiger partial charge in [-0.15, -0.1) is 0 Å². The van der Waals surface area contributed by atoms with Crippen molar-refractivity contribution < 1.29 is 4.39 Å². The highest BCUT2D eigenvalue weighted by molar-refractivity contribution is 9.10. The number of hydrogen-bond donors (Lipinski definition) is 1. The summed E-state index contributed by atoms with van der Waals surface area (Å²) in [6.45, 7) is 0. The fraction of sp³-hybridized carbons (Fsp3) is 0.200. The van der Waals surface area contributed by atoms with Crippen LogP contribution in [-0.2, 0) is 6.42 Å². The predicted molar refractivity (Wildman–Crippen MR) is 83.7 cm³/mol. The Balaban J connectivity index is 2.19. The Kier molecular flexibility index (Phi) is 5.13. The zero-order valence-corrected chi connectivity index (χ0v) is 13.6. The molecule has 19 heavy (non-hydrogen) atoms. The third kappa shape index (κ3) is 3.88. The van der Waals surface area contributed by atoms with E-state index < -0.39 is 0 Å². The maximum Gasteiger partial charge on any atom is 0.137 e. The molecule has 0 heterocycles. The van der Waals surface area contributed by atoms with Crippen molar-refractivity contribution in [3.05, 3.63) is 68.4 Å². The first-order valence-electron chi connectivity index (χ1n) is 5.97. The van der Waals surface area contributed by atoms with Crippen LogP contribution in [0.4, 0.5) is 4.39 Å². The molecule has 0 amide bonds. The predicted octanol–water partition coefficient (Wildman–Crippen LogP) is 4.85. The molecule has 4 heteroatoms. The van der Waals surface area contributed by atoms with Gasteiger partial charge in [0.15, 0.2) is 0 Å². The summed E-state index contributed by atoms with van der Waals surface area (Å²) >= 11 is 6.60. The van der Waals surface area contributed by atoms with Gasteiger partial charge >= 0.3 is 0 Å². The minimum atomic E-state index is -0.228. The van der Waals surface area contributed by atoms with Crippen LogP contribution in [0, 0.1) is 5.82 Å². The minimum Gasteiger partial charge on any atom is -0.313 e. The lowest BCUT2D eigenvalue weighted by atomic mass is 9.99. The van der Waals surface area contributed by atoms with Crippen LogP contribution in [0.1, 0.15) is 17.2 Å². The number of halogens is 3. The molecule has 0 aliphatic carbocycles. The Hall–Kier alpha value is -0.710. The first kappa shape index (κ1) is 14.7. The zero-order chi connectivity index (χ0) is 13.8. The third-order valence-electron chi connectivity index (χ3n) is 3.05. The summed E-state index contributed by atoms with van der Waals surface area (Å²) in [5.74, 6) is -0.228. The molecule has 2 aromatic carbocycles. The van der Waals surface area contributed by atoms with Gasteiger partial charge in [0.2, 0.25) is 0 Å². The van der Waals surface area contributed by atoms with Crippen molar-refractivity contribution in [3.8, 4) is 0 Å². The zero-order valence-electron chi connectivity index (χ0n) is 10.5. The van der Waals surface area contributed by atoms with Crippen molar-refractivity contribution in [1.82, 2.24) is 5.32 Å². The van der Waals surface area contributed by atoms with Crippen molar-refractivity contribution in [2.75, 3.05) is 7.05 Å². The van der Waals surface area contributed by atoms with Crippen LogP contribution in [0.5, 0.6) is 0 Å². The lowest BCUT2D eigenvalue weighted by Crippen LogP contribution is -2.19. The van der Waals surface area contributed by atoms with Crippen LogP contribution in [0.3, 0.4) is 0 Å². The molecule has 1 unspecified atom stereocenters. The molecule has 0 fully saturated rings. The highest BCUT2D eigenvalue weighted by Crippen LogP contribution is 2.23. The van der Waals surface area contributed by atoms with Gasteiger partial charge in [0.25, 0.3) is 0 Å². The normalized spacial score (nSPS) is 12.4. The number of rotatable bonds is 4. The first-order chi connectivity index (χ1) is 9.10. The van der Waals surface area contributed by atoms with E-state index in [2.05, 4.69) is 49.3 Å². The van der Waals surface area contributed by atoms with Gasteiger partial charge in [0.1, 0.15) is 5.82 Å². The molecule has 1 N–H and O–H groups in total. The lowest BCUT2D eigenvalue weighted by molar-refractivity contribution is 0.575. The number of likely N-dealkylation sites (N-methyl/N-ethyl adjacent to an activating group) is 1. The Morgan fingerprint density at radius 1 is 1.11 bits per heavy atom. The second-order valence-electron chi connectivity index (χ2n) is 4.35. The second-order valence-corrected chi connectivity index (χ2v) is 6.12. The molecule has 100 valence electrons. The summed E-state index contributed by atoms with van der Waals surface area (Å²) in [7, 11) is 1.89. The van der Waals surface area contributed by atoms with E-state index in [9.17, 15) is 4.39 Å². The molecular formula is C15H14Br2FN. The molecule has 0 aliphatic heterocycles. The molecule has 0 saturated heterocycles. The number of hydrogen-bond acceptors (Lipinski definition) is 1. The van der Waals surface area contributed by atoms with Crippen molar-refractivity contribution in [1.29, 1.82) is 0 Å². The monoisotopic (exact) mass is 385 g/mol. The Morgan fingerprint density at radius 2 is 1.79 bits per heavy atom. The first-order valence-corrected chi connectivity index (χ1v) is 7.55. The van der Waals surface area contributed by atoms with E-state index >= 15 is 0 Å². The van der Waals surface area contributed by atoms with Gasteiger partial charge in [-0.2, -0.15) is 0 Å². The topological polar surface area (TPSA) is 12.0 Å². The quantitative estimate of drug-likeness (QED) is 0.791. The van der Waals surface area contributed by atoms with Crippen molar-refractivity contribution in [3.63, 3.8) is 0 Å². The van der Waals surface area contributed by atoms with Crippen molar-refractivity contribution in [2.45, 2.75) is 12.5 Å². The van der Waals surface area contributed by atoms with E-state index in [1.54, 1.807) is 12.1 Å². The fourth-order valence-electron chi connectivity index (χ4n) is 1.97. The number of benzene rings is 2. The fourth-order valence-corrected chi connectivity index (χ4v) is 2.48. The summed E-state index contributed by atoms with van der Waals surface area (Å²) in [6, 6.07) is 13.5. The minimum absolute atomic E-state index is 0.101. The molecule has 0 radical (unpaired) electrons. The molecule has 1 atom stereocenters. The SMILES string of the molecule is CNC(Cc1ccc(Br)cc1)c1ccc(Br)c(F)c1. The van der Waals surface area contributed by atoms with Crippen LogP contribution >= 0.6 is 31.9 Å². The summed E-state index contributed by atoms with van der Waals surface area (Å²) in [5, 5.41) is 3.23. The van der Waals surface area contributed by atoms with Crippen LogP contribution in [0.25, 0.3) is 0 Å². The summed E-state index contributed by atoms with van der Waals surface area (Å²) in [6.07, 6.45) is 0.824. The summed E-state index contributed by atoms with van der Waals surface area (Å²) < 4.78 is 15.1. The Morgan fingerprint density at radius 3 is 2.37 bits per heavy atom. The van der Waals surface area contributed by atoms with E-state index in [0.717, 1.165) is 16.5 Å². The molecule has 2 rings (SSSR count). The molecular weight excluding hydrogens is 373 g/mol. The maximum atomic E-state index is 13.6. The van der Waals surface area contributed by atoms with Gasteiger partial charge < -0.3 is 5.32 Å². The van der Waals surface area contributed by atoms with Gasteiger partial charge in [0.05, 0.1) is 4.47 Å². The van der Waals surface area contributed by atoms with Crippen LogP contribution in [0.2, 0.25) is 0 Å². The van der Waals surface area contributed by atoms with Gasteiger partial charge in [-0.3, -0.25) is 0 Å². The number of nitrogens with one attached hydrogen (secondary N) is 1. The average Bonchev–Trinajstić information content (AvgIpc) is 2.41. The van der Waals surface area contributed by atoms with Crippen LogP contribution in [0.15, 0.2) is 51.4 Å². The summed E-state index contributed by atoms with van der Waals surface area (Å²) in [4.78, 5) is 0. The van der Waals surface area contributed by atoms with E-state index in [1.807, 2.05) is 25.2 Å². The Bertz CT molecular complexity index is 555. The molecule has 0 saturated carbocycles. The smallest absolute Gasteiger partial charge is 0.137 e. The summed E-state index contributed by atoms with van der Waals surface area (Å²) in [5.41, 5.74) is 2.16. The van der Waals surface area contributed by atoms with Crippen molar-refractivity contribution in [2.24, 2.45) is 0 Å². The maximum absolute atomic E-state index is 13.6. The third-order valence-corrected chi connectivity index (χ3v) is 4.22. The standard InChI is InChI=1S/C15H14Br2FN/c1-19-15(8-10-2-5-12(16)6-3-10)11-4-7-13(17)14(18)9-11/h2-7,9,15,19H,8H2,1H3. The highest BCUT2D eigenvalue weighted by atomic mass is 79.9. The van der Waals surface area contributed by atoms with E-state index in [-0.39, 0.29) is 11.9 Å². The molecule has 1 nitrogen and oxygen atoms in total. The molecule has 0 aliphatic rings.